The van der Waals surface area contributed by atoms with Crippen LogP contribution in [0.15, 0.2) is 0 Å². The predicted molar refractivity (Wildman–Crippen MR) is 79.9 cm³/mol. The first kappa shape index (κ1) is 18.9. The average molecular weight is 274 g/mol. The maximum absolute atomic E-state index is 9.19. The highest BCUT2D eigenvalue weighted by atomic mass is 16.5. The molecule has 0 fully saturated rings. The summed E-state index contributed by atoms with van der Waals surface area (Å²) in [5.74, 6) is 0. The average Bonchev–Trinajstić information content (AvgIpc) is 2.39. The predicted octanol–water partition coefficient (Wildman–Crippen LogP) is 3.75. The smallest absolute Gasteiger partial charge is 0.178 e. The van der Waals surface area contributed by atoms with E-state index in [0.717, 1.165) is 12.8 Å². The summed E-state index contributed by atoms with van der Waals surface area (Å²) < 4.78 is 0. The van der Waals surface area contributed by atoms with Crippen molar-refractivity contribution in [2.75, 3.05) is 0 Å². The molecule has 3 nitrogen and oxygen atoms in total. The van der Waals surface area contributed by atoms with Crippen molar-refractivity contribution >= 4 is 0 Å². The summed E-state index contributed by atoms with van der Waals surface area (Å²) in [6.07, 6.45) is 13.3. The van der Waals surface area contributed by atoms with Crippen molar-refractivity contribution in [1.29, 1.82) is 0 Å². The van der Waals surface area contributed by atoms with E-state index in [-0.39, 0.29) is 0 Å². The van der Waals surface area contributed by atoms with E-state index in [1.807, 2.05) is 0 Å². The Hall–Kier alpha value is -0.120. The van der Waals surface area contributed by atoms with Crippen LogP contribution in [0.3, 0.4) is 0 Å². The van der Waals surface area contributed by atoms with Crippen LogP contribution >= 0.6 is 0 Å². The monoisotopic (exact) mass is 274 g/mol. The highest BCUT2D eigenvalue weighted by Gasteiger charge is 2.11. The van der Waals surface area contributed by atoms with Gasteiger partial charge in [0.15, 0.2) is 6.29 Å². The minimum atomic E-state index is -1.58. The lowest BCUT2D eigenvalue weighted by Gasteiger charge is -2.11. The summed E-state index contributed by atoms with van der Waals surface area (Å²) in [7, 11) is 0. The van der Waals surface area contributed by atoms with E-state index in [9.17, 15) is 5.11 Å². The minimum Gasteiger partial charge on any atom is -0.388 e. The van der Waals surface area contributed by atoms with E-state index >= 15 is 0 Å². The third-order valence-corrected chi connectivity index (χ3v) is 3.70. The molecular weight excluding hydrogens is 240 g/mol. The third-order valence-electron chi connectivity index (χ3n) is 3.70. The topological polar surface area (TPSA) is 60.7 Å². The van der Waals surface area contributed by atoms with Crippen molar-refractivity contribution in [3.8, 4) is 0 Å². The Morgan fingerprint density at radius 1 is 0.579 bits per heavy atom. The van der Waals surface area contributed by atoms with Gasteiger partial charge in [-0.15, -0.1) is 0 Å². The molecule has 0 saturated heterocycles. The molecule has 19 heavy (non-hydrogen) atoms. The number of rotatable bonds is 14. The van der Waals surface area contributed by atoms with E-state index < -0.39 is 12.4 Å². The van der Waals surface area contributed by atoms with Crippen LogP contribution in [0.4, 0.5) is 0 Å². The number of hydrogen-bond donors (Lipinski definition) is 3. The van der Waals surface area contributed by atoms with Gasteiger partial charge in [-0.05, 0) is 6.42 Å². The summed E-state index contributed by atoms with van der Waals surface area (Å²) in [5.41, 5.74) is 0. The van der Waals surface area contributed by atoms with Crippen LogP contribution < -0.4 is 0 Å². The fourth-order valence-corrected chi connectivity index (χ4v) is 2.34. The van der Waals surface area contributed by atoms with Gasteiger partial charge in [-0.1, -0.05) is 84.0 Å². The molecule has 0 aromatic heterocycles. The van der Waals surface area contributed by atoms with Crippen LogP contribution in [-0.4, -0.2) is 27.7 Å². The van der Waals surface area contributed by atoms with Crippen LogP contribution in [0.5, 0.6) is 0 Å². The van der Waals surface area contributed by atoms with Gasteiger partial charge >= 0.3 is 0 Å². The molecule has 0 aromatic rings. The maximum atomic E-state index is 9.19. The summed E-state index contributed by atoms with van der Waals surface area (Å²) >= 11 is 0. The highest BCUT2D eigenvalue weighted by molar-refractivity contribution is 4.57. The molecule has 0 spiro atoms. The Balaban J connectivity index is 3.03. The van der Waals surface area contributed by atoms with E-state index in [0.29, 0.717) is 6.42 Å². The van der Waals surface area contributed by atoms with Gasteiger partial charge in [0.2, 0.25) is 0 Å². The number of aliphatic hydroxyl groups is 3. The van der Waals surface area contributed by atoms with Crippen LogP contribution in [0.25, 0.3) is 0 Å². The molecule has 3 N–H and O–H groups in total. The molecule has 0 radical (unpaired) electrons. The van der Waals surface area contributed by atoms with Gasteiger partial charge in [0.25, 0.3) is 0 Å². The van der Waals surface area contributed by atoms with E-state index in [4.69, 9.17) is 10.2 Å². The van der Waals surface area contributed by atoms with Gasteiger partial charge in [0.1, 0.15) is 6.10 Å². The van der Waals surface area contributed by atoms with E-state index in [2.05, 4.69) is 6.92 Å². The number of unbranched alkanes of at least 4 members (excludes halogenated alkanes) is 11. The standard InChI is InChI=1S/C16H34O3/c1-2-3-4-5-6-7-8-9-10-11-12-13-14-15(17)16(18)19/h15-19H,2-14H2,1H3. The first-order valence-electron chi connectivity index (χ1n) is 8.22. The summed E-state index contributed by atoms with van der Waals surface area (Å²) in [6, 6.07) is 0. The van der Waals surface area contributed by atoms with Gasteiger partial charge in [0.05, 0.1) is 0 Å². The first-order valence-corrected chi connectivity index (χ1v) is 8.22. The first-order chi connectivity index (χ1) is 9.18. The Labute approximate surface area is 119 Å². The van der Waals surface area contributed by atoms with Crippen molar-refractivity contribution in [3.05, 3.63) is 0 Å². The Kier molecular flexibility index (Phi) is 14.2. The lowest BCUT2D eigenvalue weighted by Crippen LogP contribution is -2.24. The van der Waals surface area contributed by atoms with Gasteiger partial charge < -0.3 is 15.3 Å². The molecule has 1 atom stereocenters. The molecule has 1 unspecified atom stereocenters. The van der Waals surface area contributed by atoms with Crippen LogP contribution in [-0.2, 0) is 0 Å². The second-order valence-electron chi connectivity index (χ2n) is 5.66. The lowest BCUT2D eigenvalue weighted by molar-refractivity contribution is -0.124. The Morgan fingerprint density at radius 2 is 0.947 bits per heavy atom. The van der Waals surface area contributed by atoms with Gasteiger partial charge in [-0.2, -0.15) is 0 Å². The molecule has 0 aliphatic carbocycles. The maximum Gasteiger partial charge on any atom is 0.178 e. The molecule has 0 aromatic carbocycles. The Bertz CT molecular complexity index is 171. The van der Waals surface area contributed by atoms with Crippen molar-refractivity contribution in [1.82, 2.24) is 0 Å². The number of aliphatic hydroxyl groups excluding tert-OH is 2. The molecule has 3 heteroatoms. The van der Waals surface area contributed by atoms with Crippen molar-refractivity contribution in [3.63, 3.8) is 0 Å². The zero-order valence-corrected chi connectivity index (χ0v) is 12.7. The fourth-order valence-electron chi connectivity index (χ4n) is 2.34. The Morgan fingerprint density at radius 3 is 1.32 bits per heavy atom. The van der Waals surface area contributed by atoms with Crippen molar-refractivity contribution in [2.45, 2.75) is 103 Å². The van der Waals surface area contributed by atoms with Gasteiger partial charge in [0, 0.05) is 0 Å². The van der Waals surface area contributed by atoms with Crippen LogP contribution in [0, 0.1) is 0 Å². The lowest BCUT2D eigenvalue weighted by atomic mass is 10.0. The normalized spacial score (nSPS) is 13.1. The second kappa shape index (κ2) is 14.3. The fraction of sp³-hybridized carbons (Fsp3) is 1.00. The summed E-state index contributed by atoms with van der Waals surface area (Å²) in [5, 5.41) is 26.6. The molecule has 0 amide bonds. The molecule has 0 aliphatic heterocycles. The minimum absolute atomic E-state index is 0.495. The van der Waals surface area contributed by atoms with Gasteiger partial charge in [-0.25, -0.2) is 0 Å². The molecule has 0 aliphatic rings. The summed E-state index contributed by atoms with van der Waals surface area (Å²) in [4.78, 5) is 0. The number of hydrogen-bond acceptors (Lipinski definition) is 3. The molecule has 0 saturated carbocycles. The molecule has 0 rings (SSSR count). The molecule has 116 valence electrons. The van der Waals surface area contributed by atoms with Gasteiger partial charge in [-0.3, -0.25) is 0 Å². The van der Waals surface area contributed by atoms with E-state index in [1.165, 1.54) is 64.2 Å². The zero-order chi connectivity index (χ0) is 14.3. The van der Waals surface area contributed by atoms with E-state index in [1.54, 1.807) is 0 Å². The van der Waals surface area contributed by atoms with Crippen LogP contribution in [0.2, 0.25) is 0 Å². The SMILES string of the molecule is CCCCCCCCCCCCCCC(O)C(O)O. The quantitative estimate of drug-likeness (QED) is 0.334. The second-order valence-corrected chi connectivity index (χ2v) is 5.66. The molecule has 0 heterocycles. The third kappa shape index (κ3) is 14.1. The zero-order valence-electron chi connectivity index (χ0n) is 12.7. The summed E-state index contributed by atoms with van der Waals surface area (Å²) in [6.45, 7) is 2.25. The molecular formula is C16H34O3. The largest absolute Gasteiger partial charge is 0.388 e. The highest BCUT2D eigenvalue weighted by Crippen LogP contribution is 2.13. The van der Waals surface area contributed by atoms with Crippen LogP contribution in [0.1, 0.15) is 90.4 Å². The van der Waals surface area contributed by atoms with Crippen molar-refractivity contribution < 1.29 is 15.3 Å². The van der Waals surface area contributed by atoms with Crippen molar-refractivity contribution in [2.24, 2.45) is 0 Å². The molecule has 0 bridgehead atoms.